The van der Waals surface area contributed by atoms with Crippen LogP contribution in [0.25, 0.3) is 5.57 Å². The second-order valence-electron chi connectivity index (χ2n) is 6.37. The van der Waals surface area contributed by atoms with Crippen molar-refractivity contribution in [2.45, 2.75) is 36.7 Å². The zero-order chi connectivity index (χ0) is 19.5. The predicted octanol–water partition coefficient (Wildman–Crippen LogP) is 1.17. The number of hydrogen-bond acceptors (Lipinski definition) is 8. The highest BCUT2D eigenvalue weighted by Crippen LogP contribution is 2.29. The van der Waals surface area contributed by atoms with Crippen LogP contribution >= 0.6 is 0 Å². The number of nitrogens with zero attached hydrogens (tertiary/aromatic N) is 1. The number of ether oxygens (including phenoxy) is 2. The zero-order valence-electron chi connectivity index (χ0n) is 14.9. The smallest absolute Gasteiger partial charge is 0.339 e. The van der Waals surface area contributed by atoms with Crippen LogP contribution < -0.4 is 5.32 Å². The molecule has 1 N–H and O–H groups in total. The zero-order valence-corrected chi connectivity index (χ0v) is 15.7. The van der Waals surface area contributed by atoms with Gasteiger partial charge in [0.05, 0.1) is 17.9 Å². The van der Waals surface area contributed by atoms with E-state index in [2.05, 4.69) is 21.8 Å². The van der Waals surface area contributed by atoms with Gasteiger partial charge in [0.1, 0.15) is 10.4 Å². The van der Waals surface area contributed by atoms with Gasteiger partial charge < -0.3 is 14.0 Å². The minimum absolute atomic E-state index is 0.0502. The number of hydrogen-bond donors (Lipinski definition) is 1. The van der Waals surface area contributed by atoms with Gasteiger partial charge >= 0.3 is 5.97 Å². The van der Waals surface area contributed by atoms with Crippen molar-refractivity contribution in [3.05, 3.63) is 18.3 Å². The third-order valence-corrected chi connectivity index (χ3v) is 7.31. The van der Waals surface area contributed by atoms with Crippen molar-refractivity contribution in [1.29, 1.82) is 0 Å². The molecule has 10 heteroatoms. The molecule has 144 valence electrons. The summed E-state index contributed by atoms with van der Waals surface area (Å²) in [4.78, 5) is 24.0. The fourth-order valence-electron chi connectivity index (χ4n) is 2.50. The lowest BCUT2D eigenvalue weighted by molar-refractivity contribution is -0.133. The lowest BCUT2D eigenvalue weighted by Crippen LogP contribution is -2.50. The molecule has 1 aliphatic heterocycles. The molecule has 1 aromatic heterocycles. The van der Waals surface area contributed by atoms with Crippen LogP contribution in [-0.4, -0.2) is 55.8 Å². The van der Waals surface area contributed by atoms with Crippen molar-refractivity contribution in [2.24, 2.45) is 0 Å². The number of sulfone groups is 1. The van der Waals surface area contributed by atoms with E-state index in [0.29, 0.717) is 26.1 Å². The summed E-state index contributed by atoms with van der Waals surface area (Å²) >= 11 is 0. The molecule has 0 aliphatic carbocycles. The Morgan fingerprint density at radius 3 is 2.54 bits per heavy atom. The topological polar surface area (TPSA) is 125 Å². The summed E-state index contributed by atoms with van der Waals surface area (Å²) < 4.78 is 38.7. The molecule has 0 spiro atoms. The first-order chi connectivity index (χ1) is 12.1. The average Bonchev–Trinajstić information content (AvgIpc) is 3.09. The minimum atomic E-state index is -3.75. The van der Waals surface area contributed by atoms with Crippen molar-refractivity contribution < 1.29 is 32.0 Å². The Balaban J connectivity index is 2.14. The van der Waals surface area contributed by atoms with Crippen LogP contribution in [0.4, 0.5) is 5.88 Å². The quantitative estimate of drug-likeness (QED) is 0.570. The van der Waals surface area contributed by atoms with Crippen molar-refractivity contribution in [2.75, 3.05) is 25.6 Å². The van der Waals surface area contributed by atoms with Crippen LogP contribution in [0, 0.1) is 0 Å². The molecule has 1 fully saturated rings. The molecule has 0 unspecified atom stereocenters. The van der Waals surface area contributed by atoms with Crippen LogP contribution in [0.3, 0.4) is 0 Å². The third-order valence-electron chi connectivity index (χ3n) is 4.35. The normalized spacial score (nSPS) is 16.1. The molecule has 1 aliphatic rings. The molecule has 9 nitrogen and oxygen atoms in total. The molecule has 0 bridgehead atoms. The summed E-state index contributed by atoms with van der Waals surface area (Å²) in [7, 11) is -2.56. The molecule has 26 heavy (non-hydrogen) atoms. The van der Waals surface area contributed by atoms with Gasteiger partial charge in [-0.05, 0) is 26.7 Å². The lowest BCUT2D eigenvalue weighted by Gasteiger charge is -2.30. The molecule has 0 radical (unpaired) electrons. The van der Waals surface area contributed by atoms with Gasteiger partial charge in [-0.1, -0.05) is 11.7 Å². The number of anilines is 1. The van der Waals surface area contributed by atoms with E-state index in [1.807, 2.05) is 0 Å². The van der Waals surface area contributed by atoms with Crippen LogP contribution in [0.1, 0.15) is 32.4 Å². The molecule has 2 heterocycles. The average molecular weight is 386 g/mol. The maximum Gasteiger partial charge on any atom is 0.339 e. The van der Waals surface area contributed by atoms with Crippen molar-refractivity contribution in [1.82, 2.24) is 5.16 Å². The largest absolute Gasteiger partial charge is 0.465 e. The molecule has 0 atom stereocenters. The first-order valence-corrected chi connectivity index (χ1v) is 9.53. The fraction of sp³-hybridized carbons (Fsp3) is 0.562. The van der Waals surface area contributed by atoms with Gasteiger partial charge in [-0.3, -0.25) is 10.1 Å². The highest BCUT2D eigenvalue weighted by atomic mass is 32.2. The van der Waals surface area contributed by atoms with Crippen molar-refractivity contribution in [3.63, 3.8) is 0 Å². The molecule has 1 amide bonds. The summed E-state index contributed by atoms with van der Waals surface area (Å²) in [6.45, 7) is 6.91. The molecule has 0 saturated carbocycles. The number of esters is 1. The summed E-state index contributed by atoms with van der Waals surface area (Å²) in [5, 5.41) is 5.37. The van der Waals surface area contributed by atoms with Crippen molar-refractivity contribution >= 4 is 33.2 Å². The lowest BCUT2D eigenvalue weighted by atomic mass is 10.2. The number of methoxy groups -OCH3 is 1. The number of amides is 1. The van der Waals surface area contributed by atoms with E-state index in [9.17, 15) is 18.0 Å². The molecule has 1 saturated heterocycles. The number of aromatic nitrogens is 1. The van der Waals surface area contributed by atoms with E-state index in [1.54, 1.807) is 0 Å². The second-order valence-corrected chi connectivity index (χ2v) is 9.15. The van der Waals surface area contributed by atoms with Gasteiger partial charge in [-0.15, -0.1) is 0 Å². The van der Waals surface area contributed by atoms with Gasteiger partial charge in [0, 0.05) is 19.3 Å². The summed E-state index contributed by atoms with van der Waals surface area (Å²) in [6, 6.07) is 1.27. The fourth-order valence-corrected chi connectivity index (χ4v) is 4.45. The molecule has 2 rings (SSSR count). The van der Waals surface area contributed by atoms with E-state index in [-0.39, 0.29) is 17.2 Å². The Morgan fingerprint density at radius 2 is 1.96 bits per heavy atom. The number of nitrogens with one attached hydrogen (secondary N) is 1. The van der Waals surface area contributed by atoms with Gasteiger partial charge in [0.25, 0.3) is 0 Å². The van der Waals surface area contributed by atoms with Crippen LogP contribution in [0.5, 0.6) is 0 Å². The molecule has 1 aromatic rings. The number of carbonyl (C=O) groups is 2. The highest BCUT2D eigenvalue weighted by molar-refractivity contribution is 7.94. The standard InChI is InChI=1S/C16H22N2O7S/c1-10(14(19)23-4)12-9-13(25-18-12)17-15(20)16(2,3)26(21,22)11-5-7-24-8-6-11/h9,11H,1,5-8H2,2-4H3,(H,17,20). The Hall–Kier alpha value is -2.20. The van der Waals surface area contributed by atoms with Gasteiger partial charge in [-0.2, -0.15) is 0 Å². The van der Waals surface area contributed by atoms with Crippen LogP contribution in [-0.2, 0) is 28.9 Å². The molecule has 0 aromatic carbocycles. The monoisotopic (exact) mass is 386 g/mol. The van der Waals surface area contributed by atoms with Gasteiger partial charge in [0.2, 0.25) is 11.8 Å². The molecular weight excluding hydrogens is 364 g/mol. The Bertz CT molecular complexity index is 804. The summed E-state index contributed by atoms with van der Waals surface area (Å²) in [5.74, 6) is -1.54. The van der Waals surface area contributed by atoms with Gasteiger partial charge in [0.15, 0.2) is 9.84 Å². The summed E-state index contributed by atoms with van der Waals surface area (Å²) in [6.07, 6.45) is 0.703. The van der Waals surface area contributed by atoms with E-state index >= 15 is 0 Å². The second kappa shape index (κ2) is 7.58. The van der Waals surface area contributed by atoms with Crippen molar-refractivity contribution in [3.8, 4) is 0 Å². The third kappa shape index (κ3) is 3.80. The van der Waals surface area contributed by atoms with Crippen LogP contribution in [0.15, 0.2) is 17.2 Å². The maximum atomic E-state index is 12.8. The van der Waals surface area contributed by atoms with Crippen LogP contribution in [0.2, 0.25) is 0 Å². The van der Waals surface area contributed by atoms with E-state index in [4.69, 9.17) is 9.26 Å². The van der Waals surface area contributed by atoms with E-state index in [1.165, 1.54) is 27.0 Å². The highest BCUT2D eigenvalue weighted by Gasteiger charge is 2.46. The summed E-state index contributed by atoms with van der Waals surface area (Å²) in [5.41, 5.74) is 0.0306. The van der Waals surface area contributed by atoms with Gasteiger partial charge in [-0.25, -0.2) is 13.2 Å². The molecular formula is C16H22N2O7S. The first-order valence-electron chi connectivity index (χ1n) is 7.98. The SMILES string of the molecule is C=C(C(=O)OC)c1cc(NC(=O)C(C)(C)S(=O)(=O)C2CCOCC2)on1. The Labute approximate surface area is 151 Å². The van der Waals surface area contributed by atoms with E-state index in [0.717, 1.165) is 0 Å². The number of carbonyl (C=O) groups excluding carboxylic acids is 2. The first kappa shape index (κ1) is 20.1. The van der Waals surface area contributed by atoms with E-state index < -0.39 is 31.7 Å². The minimum Gasteiger partial charge on any atom is -0.465 e. The maximum absolute atomic E-state index is 12.8. The Morgan fingerprint density at radius 1 is 1.35 bits per heavy atom. The Kier molecular flexibility index (Phi) is 5.87. The number of rotatable bonds is 6. The predicted molar refractivity (Wildman–Crippen MR) is 93.0 cm³/mol.